The van der Waals surface area contributed by atoms with Crippen molar-refractivity contribution in [3.8, 4) is 0 Å². The summed E-state index contributed by atoms with van der Waals surface area (Å²) in [5, 5.41) is -0.551. The summed E-state index contributed by atoms with van der Waals surface area (Å²) in [6.45, 7) is 0. The van der Waals surface area contributed by atoms with E-state index in [-0.39, 0.29) is 5.69 Å². The summed E-state index contributed by atoms with van der Waals surface area (Å²) < 4.78 is 24.1. The maximum atomic E-state index is 12.0. The van der Waals surface area contributed by atoms with Gasteiger partial charge in [0, 0.05) is 6.20 Å². The number of alkyl halides is 2. The first-order valence-electron chi connectivity index (χ1n) is 2.98. The molecule has 3 nitrogen and oxygen atoms in total. The molecule has 1 aromatic rings. The second kappa shape index (κ2) is 3.10. The number of halogens is 3. The smallest absolute Gasteiger partial charge is 0.279 e. The van der Waals surface area contributed by atoms with Crippen LogP contribution >= 0.6 is 11.6 Å². The molecule has 3 N–H and O–H groups in total. The number of aromatic amines is 1. The summed E-state index contributed by atoms with van der Waals surface area (Å²) in [7, 11) is 0. The SMILES string of the molecule is Nc1c[nH]c(C(F)F)c(Cl)c1=O. The Morgan fingerprint density at radius 2 is 2.17 bits per heavy atom. The first kappa shape index (κ1) is 8.99. The van der Waals surface area contributed by atoms with Crippen LogP contribution in [0, 0.1) is 0 Å². The molecule has 0 radical (unpaired) electrons. The molecule has 12 heavy (non-hydrogen) atoms. The third-order valence-corrected chi connectivity index (χ3v) is 1.67. The molecule has 1 aromatic heterocycles. The van der Waals surface area contributed by atoms with E-state index < -0.39 is 22.6 Å². The van der Waals surface area contributed by atoms with Crippen molar-refractivity contribution < 1.29 is 8.78 Å². The monoisotopic (exact) mass is 194 g/mol. The van der Waals surface area contributed by atoms with Gasteiger partial charge in [0.1, 0.15) is 10.7 Å². The van der Waals surface area contributed by atoms with Gasteiger partial charge >= 0.3 is 0 Å². The lowest BCUT2D eigenvalue weighted by Crippen LogP contribution is -2.12. The van der Waals surface area contributed by atoms with Crippen LogP contribution in [0.2, 0.25) is 5.02 Å². The standard InChI is InChI=1S/C6H5ClF2N2O/c7-3-4(6(8)9)11-1-2(10)5(3)12/h1,6H,10H2,(H,11,12). The fraction of sp³-hybridized carbons (Fsp3) is 0.167. The number of anilines is 1. The van der Waals surface area contributed by atoms with Crippen molar-refractivity contribution in [3.63, 3.8) is 0 Å². The van der Waals surface area contributed by atoms with Gasteiger partial charge in [-0.15, -0.1) is 0 Å². The topological polar surface area (TPSA) is 58.9 Å². The summed E-state index contributed by atoms with van der Waals surface area (Å²) in [6, 6.07) is 0. The molecule has 0 aromatic carbocycles. The molecule has 0 saturated carbocycles. The summed E-state index contributed by atoms with van der Waals surface area (Å²) in [5.41, 5.74) is 3.57. The Kier molecular flexibility index (Phi) is 2.32. The number of nitrogen functional groups attached to an aromatic ring is 1. The molecule has 0 unspecified atom stereocenters. The Labute approximate surface area is 71.2 Å². The zero-order valence-corrected chi connectivity index (χ0v) is 6.53. The first-order chi connectivity index (χ1) is 5.54. The van der Waals surface area contributed by atoms with E-state index >= 15 is 0 Å². The third-order valence-electron chi connectivity index (χ3n) is 1.30. The number of hydrogen-bond acceptors (Lipinski definition) is 2. The second-order valence-corrected chi connectivity index (χ2v) is 2.48. The molecule has 0 bridgehead atoms. The van der Waals surface area contributed by atoms with E-state index in [0.717, 1.165) is 6.20 Å². The van der Waals surface area contributed by atoms with Crippen LogP contribution in [0.4, 0.5) is 14.5 Å². The van der Waals surface area contributed by atoms with Gasteiger partial charge in [0.05, 0.1) is 5.69 Å². The highest BCUT2D eigenvalue weighted by atomic mass is 35.5. The van der Waals surface area contributed by atoms with Crippen LogP contribution in [0.15, 0.2) is 11.0 Å². The predicted octanol–water partition coefficient (Wildman–Crippen LogP) is 1.55. The number of hydrogen-bond donors (Lipinski definition) is 2. The molecular formula is C6H5ClF2N2O. The van der Waals surface area contributed by atoms with Crippen LogP contribution in [0.3, 0.4) is 0 Å². The number of nitrogens with two attached hydrogens (primary N) is 1. The molecule has 1 rings (SSSR count). The van der Waals surface area contributed by atoms with E-state index in [9.17, 15) is 13.6 Å². The Morgan fingerprint density at radius 1 is 1.58 bits per heavy atom. The lowest BCUT2D eigenvalue weighted by molar-refractivity contribution is 0.146. The van der Waals surface area contributed by atoms with Gasteiger partial charge in [0.2, 0.25) is 5.43 Å². The number of aromatic nitrogens is 1. The van der Waals surface area contributed by atoms with Crippen LogP contribution in [0.5, 0.6) is 0 Å². The highest BCUT2D eigenvalue weighted by Crippen LogP contribution is 2.22. The van der Waals surface area contributed by atoms with Gasteiger partial charge in [-0.05, 0) is 0 Å². The molecule has 0 spiro atoms. The maximum Gasteiger partial charge on any atom is 0.279 e. The average Bonchev–Trinajstić information content (AvgIpc) is 2.00. The molecule has 6 heteroatoms. The normalized spacial score (nSPS) is 10.7. The Bertz CT molecular complexity index is 350. The van der Waals surface area contributed by atoms with Crippen molar-refractivity contribution in [2.24, 2.45) is 0 Å². The molecule has 0 aliphatic rings. The van der Waals surface area contributed by atoms with Crippen molar-refractivity contribution in [1.29, 1.82) is 0 Å². The predicted molar refractivity (Wildman–Crippen MR) is 41.4 cm³/mol. The van der Waals surface area contributed by atoms with Gasteiger partial charge in [0.25, 0.3) is 6.43 Å². The summed E-state index contributed by atoms with van der Waals surface area (Å²) >= 11 is 5.29. The van der Waals surface area contributed by atoms with Crippen LogP contribution in [-0.2, 0) is 0 Å². The minimum Gasteiger partial charge on any atom is -0.394 e. The highest BCUT2D eigenvalue weighted by molar-refractivity contribution is 6.31. The molecule has 0 saturated heterocycles. The van der Waals surface area contributed by atoms with Gasteiger partial charge in [0.15, 0.2) is 0 Å². The van der Waals surface area contributed by atoms with Crippen molar-refractivity contribution in [2.75, 3.05) is 5.73 Å². The van der Waals surface area contributed by atoms with Gasteiger partial charge < -0.3 is 10.7 Å². The van der Waals surface area contributed by atoms with Gasteiger partial charge in [-0.1, -0.05) is 11.6 Å². The summed E-state index contributed by atoms with van der Waals surface area (Å²) in [4.78, 5) is 13.0. The molecule has 0 fully saturated rings. The van der Waals surface area contributed by atoms with Gasteiger partial charge in [-0.3, -0.25) is 4.79 Å². The number of H-pyrrole nitrogens is 1. The molecule has 0 atom stereocenters. The second-order valence-electron chi connectivity index (χ2n) is 2.10. The van der Waals surface area contributed by atoms with Crippen molar-refractivity contribution in [2.45, 2.75) is 6.43 Å². The largest absolute Gasteiger partial charge is 0.394 e. The lowest BCUT2D eigenvalue weighted by atomic mass is 10.3. The molecular weight excluding hydrogens is 190 g/mol. The molecule has 0 aliphatic carbocycles. The minimum absolute atomic E-state index is 0.176. The number of rotatable bonds is 1. The minimum atomic E-state index is -2.80. The molecule has 0 amide bonds. The van der Waals surface area contributed by atoms with Crippen LogP contribution in [0.25, 0.3) is 0 Å². The fourth-order valence-corrected chi connectivity index (χ4v) is 0.938. The summed E-state index contributed by atoms with van der Waals surface area (Å²) in [5.74, 6) is 0. The Morgan fingerprint density at radius 3 is 2.67 bits per heavy atom. The lowest BCUT2D eigenvalue weighted by Gasteiger charge is -2.02. The molecule has 0 aliphatic heterocycles. The van der Waals surface area contributed by atoms with E-state index in [1.807, 2.05) is 0 Å². The van der Waals surface area contributed by atoms with E-state index in [1.54, 1.807) is 0 Å². The third kappa shape index (κ3) is 1.40. The fourth-order valence-electron chi connectivity index (χ4n) is 0.692. The first-order valence-corrected chi connectivity index (χ1v) is 3.36. The number of pyridine rings is 1. The van der Waals surface area contributed by atoms with E-state index in [2.05, 4.69) is 4.98 Å². The molecule has 1 heterocycles. The molecule has 66 valence electrons. The quantitative estimate of drug-likeness (QED) is 0.713. The van der Waals surface area contributed by atoms with Crippen molar-refractivity contribution in [1.82, 2.24) is 4.98 Å². The van der Waals surface area contributed by atoms with E-state index in [0.29, 0.717) is 0 Å². The van der Waals surface area contributed by atoms with Crippen LogP contribution in [0.1, 0.15) is 12.1 Å². The highest BCUT2D eigenvalue weighted by Gasteiger charge is 2.15. The Balaban J connectivity index is 3.37. The van der Waals surface area contributed by atoms with Crippen LogP contribution in [-0.4, -0.2) is 4.98 Å². The summed E-state index contributed by atoms with van der Waals surface area (Å²) in [6.07, 6.45) is -1.80. The van der Waals surface area contributed by atoms with Crippen molar-refractivity contribution in [3.05, 3.63) is 27.1 Å². The van der Waals surface area contributed by atoms with Gasteiger partial charge in [-0.2, -0.15) is 0 Å². The van der Waals surface area contributed by atoms with E-state index in [1.165, 1.54) is 0 Å². The van der Waals surface area contributed by atoms with Crippen LogP contribution < -0.4 is 11.2 Å². The Hall–Kier alpha value is -1.10. The number of nitrogens with one attached hydrogen (secondary N) is 1. The van der Waals surface area contributed by atoms with Crippen molar-refractivity contribution >= 4 is 17.3 Å². The van der Waals surface area contributed by atoms with Gasteiger partial charge in [-0.25, -0.2) is 8.78 Å². The zero-order chi connectivity index (χ0) is 9.30. The zero-order valence-electron chi connectivity index (χ0n) is 5.77. The van der Waals surface area contributed by atoms with E-state index in [4.69, 9.17) is 17.3 Å². The maximum absolute atomic E-state index is 12.0. The average molecular weight is 195 g/mol.